The van der Waals surface area contributed by atoms with Crippen LogP contribution in [0.15, 0.2) is 24.3 Å². The van der Waals surface area contributed by atoms with Crippen molar-refractivity contribution >= 4 is 33.2 Å². The first-order valence-corrected chi connectivity index (χ1v) is 10.1. The molecule has 1 aliphatic rings. The van der Waals surface area contributed by atoms with Gasteiger partial charge in [0.05, 0.1) is 11.9 Å². The van der Waals surface area contributed by atoms with E-state index in [1.165, 1.54) is 6.92 Å². The number of carbonyl (C=O) groups excluding carboxylic acids is 2. The van der Waals surface area contributed by atoms with Gasteiger partial charge in [0.15, 0.2) is 0 Å². The van der Waals surface area contributed by atoms with Crippen molar-refractivity contribution in [1.29, 1.82) is 0 Å². The Kier molecular flexibility index (Phi) is 6.05. The maximum atomic E-state index is 12.6. The number of anilines is 2. The highest BCUT2D eigenvalue weighted by atomic mass is 32.2. The van der Waals surface area contributed by atoms with Crippen LogP contribution >= 0.6 is 0 Å². The summed E-state index contributed by atoms with van der Waals surface area (Å²) in [6.45, 7) is 4.54. The van der Waals surface area contributed by atoms with E-state index in [4.69, 9.17) is 0 Å². The molecular weight excluding hydrogens is 342 g/mol. The van der Waals surface area contributed by atoms with Crippen LogP contribution in [0.3, 0.4) is 0 Å². The zero-order chi connectivity index (χ0) is 18.6. The van der Waals surface area contributed by atoms with Crippen LogP contribution in [0.5, 0.6) is 0 Å². The molecule has 1 aromatic rings. The Morgan fingerprint density at radius 2 is 2.08 bits per heavy atom. The largest absolute Gasteiger partial charge is 0.341 e. The van der Waals surface area contributed by atoms with Gasteiger partial charge >= 0.3 is 0 Å². The maximum absolute atomic E-state index is 12.6. The Labute approximate surface area is 149 Å². The highest BCUT2D eigenvalue weighted by Crippen LogP contribution is 2.23. The van der Waals surface area contributed by atoms with Crippen molar-refractivity contribution in [3.05, 3.63) is 24.3 Å². The van der Waals surface area contributed by atoms with Crippen molar-refractivity contribution in [1.82, 2.24) is 4.90 Å². The molecule has 1 fully saturated rings. The lowest BCUT2D eigenvalue weighted by Gasteiger charge is -2.33. The van der Waals surface area contributed by atoms with Gasteiger partial charge in [-0.3, -0.25) is 13.9 Å². The number of nitrogens with zero attached hydrogens (tertiary/aromatic N) is 2. The smallest absolute Gasteiger partial charge is 0.243 e. The van der Waals surface area contributed by atoms with E-state index in [1.54, 1.807) is 29.2 Å². The summed E-state index contributed by atoms with van der Waals surface area (Å²) in [5.41, 5.74) is 0.838. The van der Waals surface area contributed by atoms with E-state index < -0.39 is 10.0 Å². The molecule has 0 radical (unpaired) electrons. The number of hydrogen-bond acceptors (Lipinski definition) is 4. The molecule has 2 amide bonds. The first kappa shape index (κ1) is 19.2. The summed E-state index contributed by atoms with van der Waals surface area (Å²) in [6.07, 6.45) is 3.09. The van der Waals surface area contributed by atoms with Gasteiger partial charge in [-0.25, -0.2) is 8.42 Å². The van der Waals surface area contributed by atoms with Crippen LogP contribution in [0.4, 0.5) is 11.4 Å². The third-order valence-corrected chi connectivity index (χ3v) is 5.28. The van der Waals surface area contributed by atoms with Crippen LogP contribution in [0, 0.1) is 5.92 Å². The molecule has 1 heterocycles. The molecular formula is C17H25N3O4S. The number of hydrogen-bond donors (Lipinski definition) is 1. The molecule has 7 nitrogen and oxygen atoms in total. The molecule has 0 spiro atoms. The van der Waals surface area contributed by atoms with Crippen molar-refractivity contribution in [3.8, 4) is 0 Å². The molecule has 138 valence electrons. The first-order chi connectivity index (χ1) is 11.7. The molecule has 1 aromatic carbocycles. The van der Waals surface area contributed by atoms with E-state index in [0.29, 0.717) is 30.4 Å². The lowest BCUT2D eigenvalue weighted by molar-refractivity contribution is -0.131. The summed E-state index contributed by atoms with van der Waals surface area (Å²) in [6, 6.07) is 6.47. The fraction of sp³-hybridized carbons (Fsp3) is 0.529. The summed E-state index contributed by atoms with van der Waals surface area (Å²) in [5, 5.41) is 2.62. The molecule has 0 saturated carbocycles. The van der Waals surface area contributed by atoms with Crippen LogP contribution < -0.4 is 9.62 Å². The average molecular weight is 367 g/mol. The summed E-state index contributed by atoms with van der Waals surface area (Å²) in [4.78, 5) is 25.5. The van der Waals surface area contributed by atoms with Crippen LogP contribution in [0.25, 0.3) is 0 Å². The number of nitrogens with one attached hydrogen (secondary N) is 1. The number of amides is 2. The standard InChI is InChI=1S/C17H25N3O4S/c1-13-6-5-9-19(11-13)17(22)12-20(25(3,23)24)16-8-4-7-15(10-16)18-14(2)21/h4,7-8,10,13H,5-6,9,11-12H2,1-3H3,(H,18,21). The second-order valence-electron chi connectivity index (χ2n) is 6.59. The number of likely N-dealkylation sites (tertiary alicyclic amines) is 1. The fourth-order valence-electron chi connectivity index (χ4n) is 2.98. The predicted molar refractivity (Wildman–Crippen MR) is 97.9 cm³/mol. The van der Waals surface area contributed by atoms with E-state index in [1.807, 2.05) is 0 Å². The highest BCUT2D eigenvalue weighted by molar-refractivity contribution is 7.92. The lowest BCUT2D eigenvalue weighted by atomic mass is 10.0. The Morgan fingerprint density at radius 3 is 2.68 bits per heavy atom. The molecule has 1 unspecified atom stereocenters. The molecule has 1 atom stereocenters. The fourth-order valence-corrected chi connectivity index (χ4v) is 3.82. The van der Waals surface area contributed by atoms with Gasteiger partial charge in [0.25, 0.3) is 0 Å². The van der Waals surface area contributed by atoms with E-state index in [9.17, 15) is 18.0 Å². The minimum atomic E-state index is -3.64. The number of piperidine rings is 1. The average Bonchev–Trinajstić information content (AvgIpc) is 2.51. The molecule has 2 rings (SSSR count). The Balaban J connectivity index is 2.22. The Hall–Kier alpha value is -2.09. The summed E-state index contributed by atoms with van der Waals surface area (Å²) >= 11 is 0. The second kappa shape index (κ2) is 7.86. The minimum absolute atomic E-state index is 0.207. The number of rotatable bonds is 5. The molecule has 25 heavy (non-hydrogen) atoms. The van der Waals surface area contributed by atoms with E-state index in [2.05, 4.69) is 12.2 Å². The van der Waals surface area contributed by atoms with E-state index in [0.717, 1.165) is 23.4 Å². The van der Waals surface area contributed by atoms with Crippen LogP contribution in [0.2, 0.25) is 0 Å². The van der Waals surface area contributed by atoms with Crippen LogP contribution in [-0.4, -0.2) is 51.0 Å². The molecule has 0 aromatic heterocycles. The van der Waals surface area contributed by atoms with Gasteiger partial charge in [-0.05, 0) is 37.0 Å². The number of carbonyl (C=O) groups is 2. The van der Waals surface area contributed by atoms with Crippen molar-refractivity contribution in [2.45, 2.75) is 26.7 Å². The second-order valence-corrected chi connectivity index (χ2v) is 8.50. The first-order valence-electron chi connectivity index (χ1n) is 8.30. The van der Waals surface area contributed by atoms with Crippen LogP contribution in [-0.2, 0) is 19.6 Å². The van der Waals surface area contributed by atoms with Gasteiger partial charge in [0.2, 0.25) is 21.8 Å². The van der Waals surface area contributed by atoms with Crippen molar-refractivity contribution in [2.24, 2.45) is 5.92 Å². The van der Waals surface area contributed by atoms with Gasteiger partial charge in [-0.1, -0.05) is 13.0 Å². The maximum Gasteiger partial charge on any atom is 0.243 e. The molecule has 1 N–H and O–H groups in total. The summed E-state index contributed by atoms with van der Waals surface area (Å²) < 4.78 is 25.5. The summed E-state index contributed by atoms with van der Waals surface area (Å²) in [7, 11) is -3.64. The SMILES string of the molecule is CC(=O)Nc1cccc(N(CC(=O)N2CCCC(C)C2)S(C)(=O)=O)c1. The molecule has 1 aliphatic heterocycles. The van der Waals surface area contributed by atoms with E-state index in [-0.39, 0.29) is 18.4 Å². The highest BCUT2D eigenvalue weighted by Gasteiger charge is 2.26. The van der Waals surface area contributed by atoms with Crippen molar-refractivity contribution < 1.29 is 18.0 Å². The van der Waals surface area contributed by atoms with Gasteiger partial charge in [0, 0.05) is 25.7 Å². The molecule has 0 bridgehead atoms. The van der Waals surface area contributed by atoms with Crippen molar-refractivity contribution in [2.75, 3.05) is 35.5 Å². The van der Waals surface area contributed by atoms with Gasteiger partial charge in [-0.15, -0.1) is 0 Å². The zero-order valence-corrected chi connectivity index (χ0v) is 15.7. The molecule has 0 aliphatic carbocycles. The topological polar surface area (TPSA) is 86.8 Å². The van der Waals surface area contributed by atoms with Crippen LogP contribution in [0.1, 0.15) is 26.7 Å². The Morgan fingerprint density at radius 1 is 1.36 bits per heavy atom. The normalized spacial score (nSPS) is 17.9. The van der Waals surface area contributed by atoms with Gasteiger partial charge < -0.3 is 10.2 Å². The third kappa shape index (κ3) is 5.45. The van der Waals surface area contributed by atoms with Crippen molar-refractivity contribution in [3.63, 3.8) is 0 Å². The summed E-state index contributed by atoms with van der Waals surface area (Å²) in [5.74, 6) is -0.0316. The number of sulfonamides is 1. The third-order valence-electron chi connectivity index (χ3n) is 4.14. The molecule has 8 heteroatoms. The lowest BCUT2D eigenvalue weighted by Crippen LogP contribution is -2.46. The zero-order valence-electron chi connectivity index (χ0n) is 14.9. The van der Waals surface area contributed by atoms with Gasteiger partial charge in [0.1, 0.15) is 6.54 Å². The quantitative estimate of drug-likeness (QED) is 0.858. The Bertz CT molecular complexity index is 748. The predicted octanol–water partition coefficient (Wildman–Crippen LogP) is 1.67. The minimum Gasteiger partial charge on any atom is -0.341 e. The number of benzene rings is 1. The van der Waals surface area contributed by atoms with E-state index >= 15 is 0 Å². The monoisotopic (exact) mass is 367 g/mol. The van der Waals surface area contributed by atoms with Gasteiger partial charge in [-0.2, -0.15) is 0 Å². The molecule has 1 saturated heterocycles.